The average molecular weight is 755 g/mol. The summed E-state index contributed by atoms with van der Waals surface area (Å²) in [6, 6.07) is 9.07. The molecule has 0 unspecified atom stereocenters. The highest BCUT2D eigenvalue weighted by atomic mass is 32.1. The molecule has 11 heteroatoms. The second kappa shape index (κ2) is 15.3. The van der Waals surface area contributed by atoms with Gasteiger partial charge in [0.15, 0.2) is 34.5 Å². The summed E-state index contributed by atoms with van der Waals surface area (Å²) in [5.74, 6) is 4.89. The van der Waals surface area contributed by atoms with Crippen molar-refractivity contribution in [3.63, 3.8) is 0 Å². The Kier molecular flexibility index (Phi) is 10.4. The normalized spacial score (nSPS) is 14.8. The lowest BCUT2D eigenvalue weighted by molar-refractivity contribution is 0.171. The van der Waals surface area contributed by atoms with E-state index in [4.69, 9.17) is 28.4 Å². The van der Waals surface area contributed by atoms with Gasteiger partial charge in [-0.15, -0.1) is 56.7 Å². The third-order valence-electron chi connectivity index (χ3n) is 8.93. The third kappa shape index (κ3) is 6.73. The summed E-state index contributed by atoms with van der Waals surface area (Å²) in [6.07, 6.45) is 12.4. The fraction of sp³-hybridized carbons (Fsp3) is 0.474. The molecule has 8 rings (SSSR count). The minimum atomic E-state index is 0.504. The second-order valence-electron chi connectivity index (χ2n) is 12.5. The highest BCUT2D eigenvalue weighted by Gasteiger charge is 2.37. The van der Waals surface area contributed by atoms with E-state index >= 15 is 0 Å². The van der Waals surface area contributed by atoms with Gasteiger partial charge >= 0.3 is 0 Å². The van der Waals surface area contributed by atoms with Crippen molar-refractivity contribution in [3.05, 3.63) is 34.0 Å². The van der Waals surface area contributed by atoms with Gasteiger partial charge in [0.2, 0.25) is 0 Å². The van der Waals surface area contributed by atoms with Crippen molar-refractivity contribution >= 4 is 56.7 Å². The first-order chi connectivity index (χ1) is 24.2. The van der Waals surface area contributed by atoms with Crippen molar-refractivity contribution in [3.8, 4) is 73.5 Å². The Balaban J connectivity index is 1.16. The van der Waals surface area contributed by atoms with Crippen molar-refractivity contribution in [1.29, 1.82) is 0 Å². The van der Waals surface area contributed by atoms with Crippen LogP contribution in [0.3, 0.4) is 0 Å². The van der Waals surface area contributed by atoms with Crippen LogP contribution in [0.4, 0.5) is 0 Å². The third-order valence-corrected chi connectivity index (χ3v) is 15.4. The topological polar surface area (TPSA) is 55.4 Å². The molecule has 0 N–H and O–H groups in total. The van der Waals surface area contributed by atoms with Gasteiger partial charge in [0.05, 0.1) is 29.3 Å². The molecule has 0 radical (unpaired) electrons. The average Bonchev–Trinajstić information content (AvgIpc) is 3.97. The van der Waals surface area contributed by atoms with Crippen LogP contribution in [0.2, 0.25) is 0 Å². The first kappa shape index (κ1) is 33.4. The number of hydrogen-bond acceptors (Lipinski definition) is 11. The van der Waals surface area contributed by atoms with E-state index in [9.17, 15) is 0 Å². The molecule has 0 fully saturated rings. The summed E-state index contributed by atoms with van der Waals surface area (Å²) in [6.45, 7) is 7.67. The number of hydrogen-bond donors (Lipinski definition) is 0. The Labute approximate surface area is 308 Å². The van der Waals surface area contributed by atoms with Gasteiger partial charge < -0.3 is 28.4 Å². The summed E-state index contributed by atoms with van der Waals surface area (Å²) in [5.41, 5.74) is 0. The number of thiophene rings is 5. The highest BCUT2D eigenvalue weighted by molar-refractivity contribution is 7.30. The summed E-state index contributed by atoms with van der Waals surface area (Å²) >= 11 is 8.91. The molecule has 49 heavy (non-hydrogen) atoms. The fourth-order valence-corrected chi connectivity index (χ4v) is 12.6. The fourth-order valence-electron chi connectivity index (χ4n) is 6.49. The number of fused-ring (bicyclic) bond motifs is 3. The van der Waals surface area contributed by atoms with Crippen LogP contribution in [-0.2, 0) is 12.8 Å². The zero-order valence-electron chi connectivity index (χ0n) is 28.1. The zero-order chi connectivity index (χ0) is 33.2. The number of aryl methyl sites for hydroxylation is 2. The van der Waals surface area contributed by atoms with Crippen molar-refractivity contribution < 1.29 is 28.4 Å². The van der Waals surface area contributed by atoms with Crippen LogP contribution in [0.25, 0.3) is 39.0 Å². The Morgan fingerprint density at radius 2 is 0.714 bits per heavy atom. The van der Waals surface area contributed by atoms with Crippen LogP contribution in [0, 0.1) is 0 Å². The lowest BCUT2D eigenvalue weighted by Crippen LogP contribution is -2.16. The molecule has 8 heterocycles. The van der Waals surface area contributed by atoms with E-state index in [0.717, 1.165) is 76.6 Å². The molecule has 0 amide bonds. The zero-order valence-corrected chi connectivity index (χ0v) is 32.2. The molecule has 0 saturated heterocycles. The maximum absolute atomic E-state index is 6.41. The van der Waals surface area contributed by atoms with E-state index in [-0.39, 0.29) is 0 Å². The van der Waals surface area contributed by atoms with Crippen molar-refractivity contribution in [2.45, 2.75) is 78.1 Å². The predicted molar refractivity (Wildman–Crippen MR) is 206 cm³/mol. The summed E-state index contributed by atoms with van der Waals surface area (Å²) < 4.78 is 38.2. The summed E-state index contributed by atoms with van der Waals surface area (Å²) in [5, 5.41) is 0. The maximum atomic E-state index is 6.41. The van der Waals surface area contributed by atoms with Gasteiger partial charge in [-0.05, 0) is 49.9 Å². The minimum Gasteiger partial charge on any atom is -0.485 e. The Morgan fingerprint density at radius 3 is 1.06 bits per heavy atom. The van der Waals surface area contributed by atoms with Gasteiger partial charge in [-0.1, -0.05) is 52.4 Å². The SMILES string of the molecule is CCCCCCc1ccc(-c2sc(-c3sc(-c4sc(-c5ccc(CCCCCC)s5)c5c4OCCO5)c4c3OCCO4)c3c2OCCO3)s1. The van der Waals surface area contributed by atoms with Crippen molar-refractivity contribution in [1.82, 2.24) is 0 Å². The minimum absolute atomic E-state index is 0.504. The highest BCUT2D eigenvalue weighted by Crippen LogP contribution is 2.65. The van der Waals surface area contributed by atoms with E-state index in [0.29, 0.717) is 39.6 Å². The van der Waals surface area contributed by atoms with Crippen LogP contribution in [0.15, 0.2) is 24.3 Å². The monoisotopic (exact) mass is 754 g/mol. The number of unbranched alkanes of at least 4 members (excludes halogenated alkanes) is 6. The van der Waals surface area contributed by atoms with Gasteiger partial charge in [-0.3, -0.25) is 0 Å². The Morgan fingerprint density at radius 1 is 0.388 bits per heavy atom. The first-order valence-corrected chi connectivity index (χ1v) is 21.8. The van der Waals surface area contributed by atoms with Gasteiger partial charge in [-0.25, -0.2) is 0 Å². The smallest absolute Gasteiger partial charge is 0.181 e. The summed E-state index contributed by atoms with van der Waals surface area (Å²) in [4.78, 5) is 11.7. The van der Waals surface area contributed by atoms with Crippen LogP contribution in [-0.4, -0.2) is 39.6 Å². The summed E-state index contributed by atoms with van der Waals surface area (Å²) in [7, 11) is 0. The number of ether oxygens (including phenoxy) is 6. The lowest BCUT2D eigenvalue weighted by atomic mass is 10.1. The van der Waals surface area contributed by atoms with Crippen molar-refractivity contribution in [2.75, 3.05) is 39.6 Å². The molecule has 6 nitrogen and oxygen atoms in total. The van der Waals surface area contributed by atoms with E-state index in [1.807, 2.05) is 22.7 Å². The molecule has 0 bridgehead atoms. The van der Waals surface area contributed by atoms with Gasteiger partial charge in [-0.2, -0.15) is 0 Å². The Bertz CT molecular complexity index is 1760. The van der Waals surface area contributed by atoms with E-state index in [2.05, 4.69) is 38.1 Å². The van der Waals surface area contributed by atoms with Crippen LogP contribution in [0.1, 0.15) is 75.0 Å². The maximum Gasteiger partial charge on any atom is 0.181 e. The van der Waals surface area contributed by atoms with E-state index in [1.54, 1.807) is 34.0 Å². The van der Waals surface area contributed by atoms with Crippen molar-refractivity contribution in [2.24, 2.45) is 0 Å². The molecule has 5 aromatic rings. The first-order valence-electron chi connectivity index (χ1n) is 17.7. The van der Waals surface area contributed by atoms with E-state index < -0.39 is 0 Å². The Hall–Kier alpha value is -2.70. The second-order valence-corrected chi connectivity index (χ2v) is 17.9. The molecule has 5 aromatic heterocycles. The largest absolute Gasteiger partial charge is 0.485 e. The molecular weight excluding hydrogens is 713 g/mol. The molecular formula is C38H42O6S5. The molecule has 0 spiro atoms. The lowest BCUT2D eigenvalue weighted by Gasteiger charge is -2.19. The predicted octanol–water partition coefficient (Wildman–Crippen LogP) is 12.2. The van der Waals surface area contributed by atoms with Crippen LogP contribution < -0.4 is 28.4 Å². The molecule has 0 atom stereocenters. The molecule has 260 valence electrons. The van der Waals surface area contributed by atoms with Crippen LogP contribution >= 0.6 is 56.7 Å². The molecule has 0 saturated carbocycles. The standard InChI is InChI=1S/C38H42O6S5/c1-3-5-7-9-11-23-13-15-25(45-23)33-27-29(41-19-17-39-27)35(47-33)37-31-32(44-22-21-43-31)38(49-37)36-30-28(40-18-20-42-30)34(48-36)26-16-14-24(46-26)12-10-8-6-4-2/h13-16H,3-12,17-22H2,1-2H3. The van der Waals surface area contributed by atoms with Gasteiger partial charge in [0.25, 0.3) is 0 Å². The molecule has 3 aliphatic heterocycles. The van der Waals surface area contributed by atoms with Gasteiger partial charge in [0.1, 0.15) is 39.6 Å². The van der Waals surface area contributed by atoms with E-state index in [1.165, 1.54) is 70.9 Å². The molecule has 0 aliphatic carbocycles. The molecule has 3 aliphatic rings. The molecule has 0 aromatic carbocycles. The quantitative estimate of drug-likeness (QED) is 0.105. The van der Waals surface area contributed by atoms with Gasteiger partial charge in [0, 0.05) is 19.5 Å². The number of rotatable bonds is 14. The van der Waals surface area contributed by atoms with Crippen LogP contribution in [0.5, 0.6) is 34.5 Å².